The molecule has 0 bridgehead atoms. The third kappa shape index (κ3) is 3.58. The minimum Gasteiger partial charge on any atom is -0.497 e. The van der Waals surface area contributed by atoms with Crippen molar-refractivity contribution in [2.75, 3.05) is 7.11 Å². The summed E-state index contributed by atoms with van der Waals surface area (Å²) in [7, 11) is 1.66. The van der Waals surface area contributed by atoms with Crippen LogP contribution in [0, 0.1) is 8.80 Å². The molecule has 1 amide bonds. The second-order valence-electron chi connectivity index (χ2n) is 5.20. The summed E-state index contributed by atoms with van der Waals surface area (Å²) in [5.41, 5.74) is 1.90. The number of halogens is 1. The molecule has 3 rings (SSSR count). The Bertz CT molecular complexity index is 634. The highest BCUT2D eigenvalue weighted by Gasteiger charge is 2.33. The van der Waals surface area contributed by atoms with Crippen LogP contribution in [0.25, 0.3) is 0 Å². The lowest BCUT2D eigenvalue weighted by atomic mass is 10.0. The van der Waals surface area contributed by atoms with E-state index < -0.39 is 0 Å². The number of ether oxygens (including phenoxy) is 1. The standard InChI is InChI=1S/C16H16INO2S/c1-20-13-6-4-11(5-7-13)15(10-2-3-10)18-16(19)12-8-14(17)21-9-12/h4-10,15H,2-3H2,1H3,(H,18,19). The molecule has 1 aliphatic rings. The smallest absolute Gasteiger partial charge is 0.252 e. The van der Waals surface area contributed by atoms with Gasteiger partial charge in [0.05, 0.1) is 21.6 Å². The lowest BCUT2D eigenvalue weighted by Crippen LogP contribution is -2.29. The first-order chi connectivity index (χ1) is 10.2. The zero-order valence-electron chi connectivity index (χ0n) is 11.6. The van der Waals surface area contributed by atoms with E-state index in [2.05, 4.69) is 27.9 Å². The molecule has 3 nitrogen and oxygen atoms in total. The monoisotopic (exact) mass is 413 g/mol. The van der Waals surface area contributed by atoms with Gasteiger partial charge in [-0.05, 0) is 65.1 Å². The fourth-order valence-electron chi connectivity index (χ4n) is 2.37. The Kier molecular flexibility index (Phi) is 4.49. The van der Waals surface area contributed by atoms with Crippen LogP contribution in [-0.2, 0) is 0 Å². The number of methoxy groups -OCH3 is 1. The van der Waals surface area contributed by atoms with E-state index in [0.29, 0.717) is 5.92 Å². The SMILES string of the molecule is COc1ccc(C(NC(=O)c2csc(I)c2)C2CC2)cc1. The van der Waals surface area contributed by atoms with Crippen LogP contribution in [0.3, 0.4) is 0 Å². The van der Waals surface area contributed by atoms with Crippen molar-refractivity contribution in [1.29, 1.82) is 0 Å². The molecule has 1 unspecified atom stereocenters. The average molecular weight is 413 g/mol. The number of carbonyl (C=O) groups is 1. The molecule has 1 atom stereocenters. The van der Waals surface area contributed by atoms with Crippen LogP contribution < -0.4 is 10.1 Å². The summed E-state index contributed by atoms with van der Waals surface area (Å²) < 4.78 is 6.32. The van der Waals surface area contributed by atoms with E-state index in [-0.39, 0.29) is 11.9 Å². The fourth-order valence-corrected chi connectivity index (χ4v) is 3.69. The van der Waals surface area contributed by atoms with Gasteiger partial charge in [0.2, 0.25) is 0 Å². The second kappa shape index (κ2) is 6.36. The number of thiophene rings is 1. The Balaban J connectivity index is 1.76. The molecule has 1 fully saturated rings. The molecule has 0 spiro atoms. The van der Waals surface area contributed by atoms with Gasteiger partial charge < -0.3 is 10.1 Å². The summed E-state index contributed by atoms with van der Waals surface area (Å²) in [4.78, 5) is 12.4. The van der Waals surface area contributed by atoms with Crippen molar-refractivity contribution in [3.63, 3.8) is 0 Å². The molecule has 0 aliphatic heterocycles. The zero-order chi connectivity index (χ0) is 14.8. The van der Waals surface area contributed by atoms with Gasteiger partial charge in [0.1, 0.15) is 5.75 Å². The molecule has 1 aliphatic carbocycles. The summed E-state index contributed by atoms with van der Waals surface area (Å²) >= 11 is 3.83. The summed E-state index contributed by atoms with van der Waals surface area (Å²) in [6.45, 7) is 0. The normalized spacial score (nSPS) is 15.5. The Morgan fingerprint density at radius 2 is 2.10 bits per heavy atom. The second-order valence-corrected chi connectivity index (χ2v) is 8.01. The first-order valence-electron chi connectivity index (χ1n) is 6.86. The van der Waals surface area contributed by atoms with Gasteiger partial charge in [-0.1, -0.05) is 12.1 Å². The molecule has 0 saturated heterocycles. The fraction of sp³-hybridized carbons (Fsp3) is 0.312. The topological polar surface area (TPSA) is 38.3 Å². The number of hydrogen-bond donors (Lipinski definition) is 1. The van der Waals surface area contributed by atoms with E-state index in [0.717, 1.165) is 19.8 Å². The molecule has 1 heterocycles. The van der Waals surface area contributed by atoms with Crippen molar-refractivity contribution in [3.8, 4) is 5.75 Å². The largest absolute Gasteiger partial charge is 0.497 e. The van der Waals surface area contributed by atoms with Gasteiger partial charge in [0.15, 0.2) is 0 Å². The van der Waals surface area contributed by atoms with Gasteiger partial charge in [0, 0.05) is 5.38 Å². The Hall–Kier alpha value is -1.08. The van der Waals surface area contributed by atoms with Gasteiger partial charge in [-0.2, -0.15) is 0 Å². The first kappa shape index (κ1) is 14.8. The van der Waals surface area contributed by atoms with Crippen molar-refractivity contribution in [3.05, 3.63) is 49.7 Å². The van der Waals surface area contributed by atoms with Gasteiger partial charge in [0.25, 0.3) is 5.91 Å². The van der Waals surface area contributed by atoms with Gasteiger partial charge >= 0.3 is 0 Å². The lowest BCUT2D eigenvalue weighted by Gasteiger charge is -2.19. The van der Waals surface area contributed by atoms with Crippen LogP contribution in [0.15, 0.2) is 35.7 Å². The molecule has 1 N–H and O–H groups in total. The maximum Gasteiger partial charge on any atom is 0.252 e. The molecule has 1 aromatic heterocycles. The van der Waals surface area contributed by atoms with E-state index in [1.54, 1.807) is 18.4 Å². The van der Waals surface area contributed by atoms with Crippen LogP contribution >= 0.6 is 33.9 Å². The summed E-state index contributed by atoms with van der Waals surface area (Å²) in [5.74, 6) is 1.41. The quantitative estimate of drug-likeness (QED) is 0.745. The van der Waals surface area contributed by atoms with Crippen LogP contribution in [0.2, 0.25) is 0 Å². The zero-order valence-corrected chi connectivity index (χ0v) is 14.6. The van der Waals surface area contributed by atoms with Gasteiger partial charge in [-0.25, -0.2) is 0 Å². The minimum absolute atomic E-state index is 0.0156. The average Bonchev–Trinajstić information content (AvgIpc) is 3.25. The molecular weight excluding hydrogens is 397 g/mol. The van der Waals surface area contributed by atoms with Crippen LogP contribution in [-0.4, -0.2) is 13.0 Å². The van der Waals surface area contributed by atoms with Crippen molar-refractivity contribution >= 4 is 39.8 Å². The summed E-state index contributed by atoms with van der Waals surface area (Å²) in [5, 5.41) is 5.10. The Morgan fingerprint density at radius 3 is 2.62 bits per heavy atom. The highest BCUT2D eigenvalue weighted by atomic mass is 127. The number of nitrogens with one attached hydrogen (secondary N) is 1. The third-order valence-corrected chi connectivity index (χ3v) is 5.47. The van der Waals surface area contributed by atoms with Gasteiger partial charge in [-0.15, -0.1) is 11.3 Å². The van der Waals surface area contributed by atoms with Crippen LogP contribution in [0.4, 0.5) is 0 Å². The molecule has 5 heteroatoms. The van der Waals surface area contributed by atoms with E-state index in [1.807, 2.05) is 35.7 Å². The highest BCUT2D eigenvalue weighted by Crippen LogP contribution is 2.41. The lowest BCUT2D eigenvalue weighted by molar-refractivity contribution is 0.0932. The molecular formula is C16H16INO2S. The van der Waals surface area contributed by atoms with E-state index in [1.165, 1.54) is 12.8 Å². The van der Waals surface area contributed by atoms with Crippen molar-refractivity contribution in [2.24, 2.45) is 5.92 Å². The van der Waals surface area contributed by atoms with E-state index in [4.69, 9.17) is 4.74 Å². The molecule has 0 radical (unpaired) electrons. The molecule has 110 valence electrons. The predicted octanol–water partition coefficient (Wildman–Crippen LogP) is 4.24. The third-order valence-electron chi connectivity index (χ3n) is 3.68. The first-order valence-corrected chi connectivity index (χ1v) is 8.82. The summed E-state index contributed by atoms with van der Waals surface area (Å²) in [6, 6.07) is 10.0. The van der Waals surface area contributed by atoms with Crippen molar-refractivity contribution < 1.29 is 9.53 Å². The van der Waals surface area contributed by atoms with E-state index >= 15 is 0 Å². The highest BCUT2D eigenvalue weighted by molar-refractivity contribution is 14.1. The predicted molar refractivity (Wildman–Crippen MR) is 93.0 cm³/mol. The molecule has 1 aromatic carbocycles. The molecule has 21 heavy (non-hydrogen) atoms. The van der Waals surface area contributed by atoms with Crippen molar-refractivity contribution in [2.45, 2.75) is 18.9 Å². The molecule has 1 saturated carbocycles. The van der Waals surface area contributed by atoms with E-state index in [9.17, 15) is 4.79 Å². The summed E-state index contributed by atoms with van der Waals surface area (Å²) in [6.07, 6.45) is 2.36. The molecule has 2 aromatic rings. The Labute approximate surface area is 141 Å². The number of rotatable bonds is 5. The maximum absolute atomic E-state index is 12.4. The Morgan fingerprint density at radius 1 is 1.38 bits per heavy atom. The van der Waals surface area contributed by atoms with Gasteiger partial charge in [-0.3, -0.25) is 4.79 Å². The number of hydrogen-bond acceptors (Lipinski definition) is 3. The minimum atomic E-state index is 0.0156. The number of amides is 1. The number of benzene rings is 1. The maximum atomic E-state index is 12.4. The number of carbonyl (C=O) groups excluding carboxylic acids is 1. The van der Waals surface area contributed by atoms with Crippen LogP contribution in [0.5, 0.6) is 5.75 Å². The van der Waals surface area contributed by atoms with Crippen LogP contribution in [0.1, 0.15) is 34.8 Å². The van der Waals surface area contributed by atoms with Crippen molar-refractivity contribution in [1.82, 2.24) is 5.32 Å².